The lowest BCUT2D eigenvalue weighted by Crippen LogP contribution is -2.45. The molecule has 0 aromatic heterocycles. The molecule has 1 heterocycles. The summed E-state index contributed by atoms with van der Waals surface area (Å²) in [5.74, 6) is -0.663. The van der Waals surface area contributed by atoms with Gasteiger partial charge in [-0.1, -0.05) is 11.6 Å². The van der Waals surface area contributed by atoms with Gasteiger partial charge in [0, 0.05) is 38.9 Å². The standard InChI is InChI=1S/C18H24ClN3O4/c1-3-20-18(25)14-6-5-13(10-15(14)19)21-17(24)12-4-7-16(23)22(11-12)8-9-26-2/h5-6,10,12H,3-4,7-9,11H2,1-2H3,(H,20,25)(H,21,24). The van der Waals surface area contributed by atoms with Crippen LogP contribution >= 0.6 is 11.6 Å². The summed E-state index contributed by atoms with van der Waals surface area (Å²) in [7, 11) is 1.58. The van der Waals surface area contributed by atoms with Crippen LogP contribution in [0.1, 0.15) is 30.1 Å². The topological polar surface area (TPSA) is 87.7 Å². The highest BCUT2D eigenvalue weighted by Gasteiger charge is 2.30. The van der Waals surface area contributed by atoms with E-state index < -0.39 is 0 Å². The molecule has 1 unspecified atom stereocenters. The second-order valence-electron chi connectivity index (χ2n) is 6.11. The second-order valence-corrected chi connectivity index (χ2v) is 6.52. The number of hydrogen-bond donors (Lipinski definition) is 2. The van der Waals surface area contributed by atoms with E-state index in [1.54, 1.807) is 30.2 Å². The van der Waals surface area contributed by atoms with Crippen LogP contribution in [0, 0.1) is 5.92 Å². The van der Waals surface area contributed by atoms with Gasteiger partial charge in [-0.25, -0.2) is 0 Å². The zero-order valence-electron chi connectivity index (χ0n) is 15.0. The lowest BCUT2D eigenvalue weighted by Gasteiger charge is -2.31. The largest absolute Gasteiger partial charge is 0.383 e. The monoisotopic (exact) mass is 381 g/mol. The number of likely N-dealkylation sites (tertiary alicyclic amines) is 1. The minimum absolute atomic E-state index is 0.0421. The number of carbonyl (C=O) groups excluding carboxylic acids is 3. The van der Waals surface area contributed by atoms with Gasteiger partial charge in [0.25, 0.3) is 5.91 Å². The summed E-state index contributed by atoms with van der Waals surface area (Å²) in [4.78, 5) is 38.0. The molecule has 0 bridgehead atoms. The Hall–Kier alpha value is -2.12. The molecule has 1 aliphatic rings. The van der Waals surface area contributed by atoms with E-state index in [4.69, 9.17) is 16.3 Å². The van der Waals surface area contributed by atoms with Crippen molar-refractivity contribution in [1.29, 1.82) is 0 Å². The average Bonchev–Trinajstić information content (AvgIpc) is 2.61. The maximum Gasteiger partial charge on any atom is 0.252 e. The van der Waals surface area contributed by atoms with Gasteiger partial charge in [0.15, 0.2) is 0 Å². The molecule has 0 radical (unpaired) electrons. The molecule has 1 aromatic carbocycles. The van der Waals surface area contributed by atoms with Crippen LogP contribution in [0.3, 0.4) is 0 Å². The molecule has 1 saturated heterocycles. The van der Waals surface area contributed by atoms with Crippen LogP contribution in [-0.2, 0) is 14.3 Å². The number of ether oxygens (including phenoxy) is 1. The number of carbonyl (C=O) groups is 3. The van der Waals surface area contributed by atoms with Gasteiger partial charge in [0.1, 0.15) is 0 Å². The van der Waals surface area contributed by atoms with Gasteiger partial charge in [0.05, 0.1) is 23.1 Å². The quantitative estimate of drug-likeness (QED) is 0.755. The molecular weight excluding hydrogens is 358 g/mol. The minimum atomic E-state index is -0.286. The van der Waals surface area contributed by atoms with Crippen molar-refractivity contribution < 1.29 is 19.1 Å². The maximum atomic E-state index is 12.5. The summed E-state index contributed by atoms with van der Waals surface area (Å²) < 4.78 is 5.00. The first kappa shape index (κ1) is 20.2. The maximum absolute atomic E-state index is 12.5. The van der Waals surface area contributed by atoms with Crippen molar-refractivity contribution in [1.82, 2.24) is 10.2 Å². The lowest BCUT2D eigenvalue weighted by molar-refractivity contribution is -0.137. The van der Waals surface area contributed by atoms with Gasteiger partial charge >= 0.3 is 0 Å². The fraction of sp³-hybridized carbons (Fsp3) is 0.500. The van der Waals surface area contributed by atoms with Crippen molar-refractivity contribution >= 4 is 35.0 Å². The molecule has 8 heteroatoms. The zero-order chi connectivity index (χ0) is 19.1. The van der Waals surface area contributed by atoms with E-state index >= 15 is 0 Å². The highest BCUT2D eigenvalue weighted by atomic mass is 35.5. The van der Waals surface area contributed by atoms with Crippen LogP contribution in [0.4, 0.5) is 5.69 Å². The molecule has 1 fully saturated rings. The predicted octanol–water partition coefficient (Wildman–Crippen LogP) is 1.91. The minimum Gasteiger partial charge on any atom is -0.383 e. The number of halogens is 1. The molecule has 142 valence electrons. The zero-order valence-corrected chi connectivity index (χ0v) is 15.8. The third-order valence-corrected chi connectivity index (χ3v) is 4.57. The first-order chi connectivity index (χ1) is 12.5. The lowest BCUT2D eigenvalue weighted by atomic mass is 9.96. The molecule has 2 N–H and O–H groups in total. The molecule has 3 amide bonds. The van der Waals surface area contributed by atoms with Gasteiger partial charge in [-0.2, -0.15) is 0 Å². The summed E-state index contributed by atoms with van der Waals surface area (Å²) in [6, 6.07) is 4.78. The Balaban J connectivity index is 1.99. The Morgan fingerprint density at radius 2 is 2.15 bits per heavy atom. The molecule has 1 aromatic rings. The highest BCUT2D eigenvalue weighted by molar-refractivity contribution is 6.34. The van der Waals surface area contributed by atoms with E-state index in [9.17, 15) is 14.4 Å². The van der Waals surface area contributed by atoms with Crippen LogP contribution in [0.2, 0.25) is 5.02 Å². The summed E-state index contributed by atoms with van der Waals surface area (Å²) in [5, 5.41) is 5.77. The predicted molar refractivity (Wildman–Crippen MR) is 99.3 cm³/mol. The molecular formula is C18H24ClN3O4. The third kappa shape index (κ3) is 5.19. The number of piperidine rings is 1. The van der Waals surface area contributed by atoms with Crippen LogP contribution in [-0.4, -0.2) is 56.0 Å². The number of hydrogen-bond acceptors (Lipinski definition) is 4. The Labute approximate surface area is 158 Å². The number of nitrogens with one attached hydrogen (secondary N) is 2. The fourth-order valence-electron chi connectivity index (χ4n) is 2.82. The van der Waals surface area contributed by atoms with Crippen molar-refractivity contribution in [2.75, 3.05) is 38.7 Å². The Kier molecular flexibility index (Phi) is 7.41. The first-order valence-corrected chi connectivity index (χ1v) is 8.99. The van der Waals surface area contributed by atoms with E-state index in [-0.39, 0.29) is 28.7 Å². The fourth-order valence-corrected chi connectivity index (χ4v) is 3.09. The number of nitrogens with zero attached hydrogens (tertiary/aromatic N) is 1. The molecule has 0 spiro atoms. The van der Waals surface area contributed by atoms with Crippen molar-refractivity contribution in [3.8, 4) is 0 Å². The molecule has 0 aliphatic carbocycles. The molecule has 1 atom stereocenters. The van der Waals surface area contributed by atoms with E-state index in [1.807, 2.05) is 6.92 Å². The smallest absolute Gasteiger partial charge is 0.252 e. The third-order valence-electron chi connectivity index (χ3n) is 4.25. The van der Waals surface area contributed by atoms with Gasteiger partial charge in [-0.15, -0.1) is 0 Å². The van der Waals surface area contributed by atoms with Gasteiger partial charge in [-0.3, -0.25) is 14.4 Å². The van der Waals surface area contributed by atoms with Gasteiger partial charge < -0.3 is 20.3 Å². The van der Waals surface area contributed by atoms with E-state index in [0.29, 0.717) is 50.3 Å². The first-order valence-electron chi connectivity index (χ1n) is 8.61. The Morgan fingerprint density at radius 1 is 1.38 bits per heavy atom. The molecule has 0 saturated carbocycles. The van der Waals surface area contributed by atoms with E-state index in [1.165, 1.54) is 0 Å². The van der Waals surface area contributed by atoms with Crippen LogP contribution in [0.15, 0.2) is 18.2 Å². The number of rotatable bonds is 7. The average molecular weight is 382 g/mol. The number of anilines is 1. The summed E-state index contributed by atoms with van der Waals surface area (Å²) in [6.45, 7) is 3.63. The normalized spacial score (nSPS) is 17.1. The Morgan fingerprint density at radius 3 is 2.81 bits per heavy atom. The number of benzene rings is 1. The number of amides is 3. The van der Waals surface area contributed by atoms with Crippen molar-refractivity contribution in [2.45, 2.75) is 19.8 Å². The van der Waals surface area contributed by atoms with Crippen LogP contribution in [0.25, 0.3) is 0 Å². The SMILES string of the molecule is CCNC(=O)c1ccc(NC(=O)C2CCC(=O)N(CCOC)C2)cc1Cl. The summed E-state index contributed by atoms with van der Waals surface area (Å²) in [5.41, 5.74) is 0.883. The highest BCUT2D eigenvalue weighted by Crippen LogP contribution is 2.23. The summed E-state index contributed by atoms with van der Waals surface area (Å²) in [6.07, 6.45) is 0.859. The molecule has 1 aliphatic heterocycles. The van der Waals surface area contributed by atoms with Crippen molar-refractivity contribution in [2.24, 2.45) is 5.92 Å². The number of methoxy groups -OCH3 is 1. The molecule has 26 heavy (non-hydrogen) atoms. The van der Waals surface area contributed by atoms with Crippen molar-refractivity contribution in [3.05, 3.63) is 28.8 Å². The van der Waals surface area contributed by atoms with E-state index in [0.717, 1.165) is 0 Å². The van der Waals surface area contributed by atoms with E-state index in [2.05, 4.69) is 10.6 Å². The van der Waals surface area contributed by atoms with Crippen molar-refractivity contribution in [3.63, 3.8) is 0 Å². The van der Waals surface area contributed by atoms with Crippen LogP contribution in [0.5, 0.6) is 0 Å². The summed E-state index contributed by atoms with van der Waals surface area (Å²) >= 11 is 6.15. The second kappa shape index (κ2) is 9.54. The van der Waals surface area contributed by atoms with Gasteiger partial charge in [-0.05, 0) is 31.5 Å². The van der Waals surface area contributed by atoms with Gasteiger partial charge in [0.2, 0.25) is 11.8 Å². The molecule has 7 nitrogen and oxygen atoms in total. The Bertz CT molecular complexity index is 680. The van der Waals surface area contributed by atoms with Crippen LogP contribution < -0.4 is 10.6 Å². The molecule has 2 rings (SSSR count).